The van der Waals surface area contributed by atoms with Gasteiger partial charge in [-0.1, -0.05) is 0 Å². The Kier molecular flexibility index (Phi) is 1.50. The Balaban J connectivity index is 1.55. The Bertz CT molecular complexity index is 308. The summed E-state index contributed by atoms with van der Waals surface area (Å²) >= 11 is 0. The van der Waals surface area contributed by atoms with Crippen molar-refractivity contribution in [3.63, 3.8) is 0 Å². The van der Waals surface area contributed by atoms with Crippen LogP contribution < -0.4 is 0 Å². The summed E-state index contributed by atoms with van der Waals surface area (Å²) in [6, 6.07) is 0. The molecule has 16 heavy (non-hydrogen) atoms. The molecular formula is C15H22O. The SMILES string of the molecule is OC1C[C@@H]2[C@H](C1)[C@H]1C[C@@H]2[C@@H]2[C@@H]3CC[C@@H](C3)[C@H]12. The quantitative estimate of drug-likeness (QED) is 0.620. The van der Waals surface area contributed by atoms with Crippen molar-refractivity contribution in [2.45, 2.75) is 44.6 Å². The molecule has 9 atom stereocenters. The Labute approximate surface area is 97.6 Å². The zero-order chi connectivity index (χ0) is 10.4. The highest BCUT2D eigenvalue weighted by atomic mass is 16.3. The predicted molar refractivity (Wildman–Crippen MR) is 61.6 cm³/mol. The maximum Gasteiger partial charge on any atom is 0.0546 e. The van der Waals surface area contributed by atoms with Crippen LogP contribution in [0, 0.1) is 47.3 Å². The highest BCUT2D eigenvalue weighted by Crippen LogP contribution is 2.72. The van der Waals surface area contributed by atoms with Gasteiger partial charge < -0.3 is 5.11 Å². The number of hydrogen-bond donors (Lipinski definition) is 1. The first kappa shape index (κ1) is 8.97. The van der Waals surface area contributed by atoms with Gasteiger partial charge in [-0.05, 0) is 85.9 Å². The first-order chi connectivity index (χ1) is 7.83. The molecule has 0 aromatic carbocycles. The van der Waals surface area contributed by atoms with E-state index < -0.39 is 0 Å². The summed E-state index contributed by atoms with van der Waals surface area (Å²) in [6.45, 7) is 0. The molecule has 1 nitrogen and oxygen atoms in total. The molecule has 0 amide bonds. The van der Waals surface area contributed by atoms with E-state index >= 15 is 0 Å². The van der Waals surface area contributed by atoms with Crippen LogP contribution in [0.2, 0.25) is 0 Å². The normalized spacial score (nSPS) is 69.9. The van der Waals surface area contributed by atoms with Gasteiger partial charge in [0, 0.05) is 0 Å². The standard InChI is InChI=1S/C15H22O/c16-9-4-10-11(5-9)13-6-12(10)14-7-1-2-8(3-7)15(13)14/h7-16H,1-6H2/t7-,8+,9?,10-,11+,12+,13-,14+,15-. The van der Waals surface area contributed by atoms with Gasteiger partial charge in [0.25, 0.3) is 0 Å². The average Bonchev–Trinajstić information content (AvgIpc) is 2.98. The summed E-state index contributed by atoms with van der Waals surface area (Å²) in [7, 11) is 0. The van der Waals surface area contributed by atoms with E-state index in [2.05, 4.69) is 0 Å². The van der Waals surface area contributed by atoms with Crippen LogP contribution in [0.15, 0.2) is 0 Å². The van der Waals surface area contributed by atoms with Crippen molar-refractivity contribution in [1.82, 2.24) is 0 Å². The molecule has 5 fully saturated rings. The minimum atomic E-state index is 0.0665. The molecule has 1 heteroatoms. The number of hydrogen-bond acceptors (Lipinski definition) is 1. The molecule has 5 aliphatic rings. The summed E-state index contributed by atoms with van der Waals surface area (Å²) < 4.78 is 0. The van der Waals surface area contributed by atoms with E-state index in [-0.39, 0.29) is 6.10 Å². The molecule has 0 spiro atoms. The monoisotopic (exact) mass is 218 g/mol. The van der Waals surface area contributed by atoms with Crippen LogP contribution >= 0.6 is 0 Å². The Morgan fingerprint density at radius 3 is 1.75 bits per heavy atom. The van der Waals surface area contributed by atoms with Gasteiger partial charge in [0.15, 0.2) is 0 Å². The predicted octanol–water partition coefficient (Wildman–Crippen LogP) is 2.69. The van der Waals surface area contributed by atoms with Crippen LogP contribution in [-0.2, 0) is 0 Å². The van der Waals surface area contributed by atoms with Crippen LogP contribution in [0.5, 0.6) is 0 Å². The second-order valence-corrected chi connectivity index (χ2v) is 7.50. The third-order valence-electron chi connectivity index (χ3n) is 7.32. The Morgan fingerprint density at radius 1 is 0.625 bits per heavy atom. The second-order valence-electron chi connectivity index (χ2n) is 7.50. The number of aliphatic hydroxyl groups excluding tert-OH is 1. The van der Waals surface area contributed by atoms with E-state index in [4.69, 9.17) is 0 Å². The van der Waals surface area contributed by atoms with Gasteiger partial charge in [0.2, 0.25) is 0 Å². The molecule has 0 saturated heterocycles. The molecule has 0 heterocycles. The van der Waals surface area contributed by atoms with Crippen LogP contribution in [0.3, 0.4) is 0 Å². The topological polar surface area (TPSA) is 20.2 Å². The van der Waals surface area contributed by atoms with E-state index in [1.165, 1.54) is 0 Å². The molecule has 0 aliphatic heterocycles. The fraction of sp³-hybridized carbons (Fsp3) is 1.00. The number of fused-ring (bicyclic) bond motifs is 12. The summed E-state index contributed by atoms with van der Waals surface area (Å²) in [6.07, 6.45) is 8.63. The lowest BCUT2D eigenvalue weighted by Crippen LogP contribution is -2.35. The highest BCUT2D eigenvalue weighted by Gasteiger charge is 2.66. The molecular weight excluding hydrogens is 196 g/mol. The first-order valence-electron chi connectivity index (χ1n) is 7.51. The van der Waals surface area contributed by atoms with Gasteiger partial charge in [-0.25, -0.2) is 0 Å². The van der Waals surface area contributed by atoms with Crippen molar-refractivity contribution in [1.29, 1.82) is 0 Å². The number of aliphatic hydroxyl groups is 1. The van der Waals surface area contributed by atoms with E-state index in [1.807, 2.05) is 0 Å². The van der Waals surface area contributed by atoms with Gasteiger partial charge in [-0.2, -0.15) is 0 Å². The average molecular weight is 218 g/mol. The fourth-order valence-electron chi connectivity index (χ4n) is 7.26. The lowest BCUT2D eigenvalue weighted by atomic mass is 9.64. The zero-order valence-corrected chi connectivity index (χ0v) is 9.89. The molecule has 0 aromatic heterocycles. The van der Waals surface area contributed by atoms with Crippen molar-refractivity contribution in [2.24, 2.45) is 47.3 Å². The molecule has 0 aromatic rings. The maximum atomic E-state index is 9.91. The molecule has 5 saturated carbocycles. The lowest BCUT2D eigenvalue weighted by Gasteiger charge is -2.40. The van der Waals surface area contributed by atoms with Gasteiger partial charge >= 0.3 is 0 Å². The third kappa shape index (κ3) is 0.836. The van der Waals surface area contributed by atoms with Crippen LogP contribution in [0.4, 0.5) is 0 Å². The minimum absolute atomic E-state index is 0.0665. The molecule has 5 aliphatic carbocycles. The van der Waals surface area contributed by atoms with Crippen LogP contribution in [0.25, 0.3) is 0 Å². The largest absolute Gasteiger partial charge is 0.393 e. The van der Waals surface area contributed by atoms with Crippen molar-refractivity contribution in [2.75, 3.05) is 0 Å². The van der Waals surface area contributed by atoms with Crippen LogP contribution in [-0.4, -0.2) is 11.2 Å². The second kappa shape index (κ2) is 2.68. The lowest BCUT2D eigenvalue weighted by molar-refractivity contribution is 0.0716. The van der Waals surface area contributed by atoms with Crippen LogP contribution in [0.1, 0.15) is 38.5 Å². The van der Waals surface area contributed by atoms with Crippen molar-refractivity contribution in [3.05, 3.63) is 0 Å². The summed E-state index contributed by atoms with van der Waals surface area (Å²) in [4.78, 5) is 0. The third-order valence-corrected chi connectivity index (χ3v) is 7.32. The Hall–Kier alpha value is -0.0400. The molecule has 88 valence electrons. The fourth-order valence-corrected chi connectivity index (χ4v) is 7.26. The van der Waals surface area contributed by atoms with Crippen molar-refractivity contribution >= 4 is 0 Å². The number of rotatable bonds is 0. The summed E-state index contributed by atoms with van der Waals surface area (Å²) in [5, 5.41) is 9.91. The molecule has 5 rings (SSSR count). The summed E-state index contributed by atoms with van der Waals surface area (Å²) in [5.41, 5.74) is 0. The van der Waals surface area contributed by atoms with E-state index in [9.17, 15) is 5.11 Å². The van der Waals surface area contributed by atoms with Gasteiger partial charge in [-0.15, -0.1) is 0 Å². The summed E-state index contributed by atoms with van der Waals surface area (Å²) in [5.74, 6) is 8.46. The highest BCUT2D eigenvalue weighted by molar-refractivity contribution is 5.15. The zero-order valence-electron chi connectivity index (χ0n) is 9.89. The molecule has 4 bridgehead atoms. The van der Waals surface area contributed by atoms with E-state index in [0.29, 0.717) is 0 Å². The van der Waals surface area contributed by atoms with Crippen molar-refractivity contribution < 1.29 is 5.11 Å². The van der Waals surface area contributed by atoms with E-state index in [0.717, 1.165) is 60.2 Å². The smallest absolute Gasteiger partial charge is 0.0546 e. The van der Waals surface area contributed by atoms with E-state index in [1.54, 1.807) is 25.7 Å². The van der Waals surface area contributed by atoms with Gasteiger partial charge in [0.1, 0.15) is 0 Å². The van der Waals surface area contributed by atoms with Gasteiger partial charge in [0.05, 0.1) is 6.10 Å². The van der Waals surface area contributed by atoms with Crippen molar-refractivity contribution in [3.8, 4) is 0 Å². The molecule has 1 N–H and O–H groups in total. The molecule has 1 unspecified atom stereocenters. The molecule has 0 radical (unpaired) electrons. The first-order valence-corrected chi connectivity index (χ1v) is 7.51. The Morgan fingerprint density at radius 2 is 1.19 bits per heavy atom. The maximum absolute atomic E-state index is 9.91. The minimum Gasteiger partial charge on any atom is -0.393 e. The van der Waals surface area contributed by atoms with Gasteiger partial charge in [-0.3, -0.25) is 0 Å².